The number of hydrogen-bond donors (Lipinski definition) is 2. The lowest BCUT2D eigenvalue weighted by Gasteiger charge is -2.22. The van der Waals surface area contributed by atoms with E-state index < -0.39 is 19.7 Å². The van der Waals surface area contributed by atoms with E-state index in [1.54, 1.807) is 6.92 Å². The van der Waals surface area contributed by atoms with Crippen molar-refractivity contribution < 1.29 is 29.2 Å². The molecule has 0 aromatic rings. The SMILES string of the molecule is CC/C(C(=O)O)=C(\CC=[P+]([O-])CC[N+](C)(C)C)C(=O)O. The second-order valence-electron chi connectivity index (χ2n) is 5.46. The van der Waals surface area contributed by atoms with E-state index in [2.05, 4.69) is 0 Å². The van der Waals surface area contributed by atoms with Gasteiger partial charge in [0.1, 0.15) is 6.54 Å². The molecule has 1 unspecified atom stereocenters. The van der Waals surface area contributed by atoms with Gasteiger partial charge in [-0.2, -0.15) is 0 Å². The zero-order valence-corrected chi connectivity index (χ0v) is 13.3. The molecule has 0 bridgehead atoms. The molecule has 0 rings (SSSR count). The summed E-state index contributed by atoms with van der Waals surface area (Å²) in [6, 6.07) is 0. The van der Waals surface area contributed by atoms with Crippen LogP contribution in [-0.4, -0.2) is 66.3 Å². The molecule has 6 nitrogen and oxygen atoms in total. The van der Waals surface area contributed by atoms with Gasteiger partial charge in [0.25, 0.3) is 0 Å². The highest BCUT2D eigenvalue weighted by molar-refractivity contribution is 7.50. The van der Waals surface area contributed by atoms with Crippen LogP contribution in [0.5, 0.6) is 0 Å². The average Bonchev–Trinajstić information content (AvgIpc) is 2.29. The molecule has 0 aromatic carbocycles. The average molecular weight is 304 g/mol. The Bertz CT molecular complexity index is 435. The van der Waals surface area contributed by atoms with Crippen LogP contribution in [0.4, 0.5) is 0 Å². The second kappa shape index (κ2) is 8.15. The zero-order valence-electron chi connectivity index (χ0n) is 12.4. The minimum atomic E-state index is -1.63. The van der Waals surface area contributed by atoms with E-state index in [4.69, 9.17) is 10.2 Å². The Hall–Kier alpha value is -1.23. The van der Waals surface area contributed by atoms with E-state index in [1.165, 1.54) is 5.80 Å². The summed E-state index contributed by atoms with van der Waals surface area (Å²) in [5, 5.41) is 18.0. The summed E-state index contributed by atoms with van der Waals surface area (Å²) >= 11 is 0. The van der Waals surface area contributed by atoms with Crippen LogP contribution in [0.2, 0.25) is 0 Å². The molecule has 0 fully saturated rings. The van der Waals surface area contributed by atoms with E-state index in [9.17, 15) is 14.5 Å². The van der Waals surface area contributed by atoms with Crippen molar-refractivity contribution in [2.45, 2.75) is 19.8 Å². The molecule has 0 aliphatic heterocycles. The zero-order chi connectivity index (χ0) is 15.9. The van der Waals surface area contributed by atoms with E-state index in [0.29, 0.717) is 17.2 Å². The maximum atomic E-state index is 11.8. The second-order valence-corrected chi connectivity index (χ2v) is 7.11. The number of carbonyl (C=O) groups is 2. The lowest BCUT2D eigenvalue weighted by molar-refractivity contribution is -0.867. The van der Waals surface area contributed by atoms with Gasteiger partial charge in [-0.3, -0.25) is 0 Å². The predicted molar refractivity (Wildman–Crippen MR) is 78.0 cm³/mol. The van der Waals surface area contributed by atoms with E-state index in [0.717, 1.165) is 0 Å². The number of quaternary nitrogens is 1. The maximum absolute atomic E-state index is 11.8. The van der Waals surface area contributed by atoms with Crippen molar-refractivity contribution in [1.82, 2.24) is 0 Å². The third-order valence-electron chi connectivity index (χ3n) is 2.72. The van der Waals surface area contributed by atoms with E-state index in [1.807, 2.05) is 21.1 Å². The Morgan fingerprint density at radius 2 is 1.65 bits per heavy atom. The van der Waals surface area contributed by atoms with Crippen LogP contribution >= 0.6 is 7.77 Å². The lowest BCUT2D eigenvalue weighted by atomic mass is 10.0. The third kappa shape index (κ3) is 7.38. The Kier molecular flexibility index (Phi) is 7.64. The molecule has 0 aromatic heterocycles. The number of hydrogen-bond acceptors (Lipinski definition) is 3. The van der Waals surface area contributed by atoms with Gasteiger partial charge in [-0.25, -0.2) is 9.59 Å². The Balaban J connectivity index is 4.96. The molecule has 0 radical (unpaired) electrons. The van der Waals surface area contributed by atoms with Gasteiger partial charge in [-0.1, -0.05) is 6.92 Å². The van der Waals surface area contributed by atoms with Gasteiger partial charge in [0.05, 0.1) is 40.3 Å². The molecular formula is C13H23NO5P+. The van der Waals surface area contributed by atoms with Crippen LogP contribution in [0.15, 0.2) is 11.1 Å². The standard InChI is InChI=1S/C13H22NO5P/c1-5-10(12(15)16)11(13(17)18)6-8-20(19)9-7-14(2,3)4/h8H,5-7,9H2,1-4H3,(H-,15,16,17,18)/p+1/b11-10-. The number of carboxylic acid groups (broad SMARTS) is 2. The van der Waals surface area contributed by atoms with Crippen molar-refractivity contribution in [1.29, 1.82) is 0 Å². The highest BCUT2D eigenvalue weighted by Crippen LogP contribution is 2.17. The van der Waals surface area contributed by atoms with Gasteiger partial charge < -0.3 is 19.6 Å². The van der Waals surface area contributed by atoms with Crippen LogP contribution in [0, 0.1) is 0 Å². The van der Waals surface area contributed by atoms with E-state index >= 15 is 0 Å². The van der Waals surface area contributed by atoms with Crippen LogP contribution in [0.3, 0.4) is 0 Å². The molecule has 0 saturated heterocycles. The summed E-state index contributed by atoms with van der Waals surface area (Å²) in [6.45, 7) is 2.29. The molecule has 1 atom stereocenters. The first kappa shape index (κ1) is 18.8. The quantitative estimate of drug-likeness (QED) is 0.387. The molecule has 0 aliphatic rings. The van der Waals surface area contributed by atoms with Gasteiger partial charge >= 0.3 is 11.9 Å². The first-order valence-electron chi connectivity index (χ1n) is 6.34. The first-order chi connectivity index (χ1) is 9.08. The monoisotopic (exact) mass is 304 g/mol. The molecule has 2 N–H and O–H groups in total. The number of aliphatic carboxylic acids is 2. The van der Waals surface area contributed by atoms with Crippen molar-refractivity contribution in [2.24, 2.45) is 0 Å². The highest BCUT2D eigenvalue weighted by Gasteiger charge is 2.19. The van der Waals surface area contributed by atoms with Crippen molar-refractivity contribution in [3.63, 3.8) is 0 Å². The van der Waals surface area contributed by atoms with Crippen molar-refractivity contribution in [3.8, 4) is 0 Å². The predicted octanol–water partition coefficient (Wildman–Crippen LogP) is 0.518. The van der Waals surface area contributed by atoms with Crippen molar-refractivity contribution >= 4 is 25.5 Å². The summed E-state index contributed by atoms with van der Waals surface area (Å²) in [5.41, 5.74) is -0.322. The third-order valence-corrected chi connectivity index (χ3v) is 3.96. The van der Waals surface area contributed by atoms with Gasteiger partial charge in [-0.15, -0.1) is 0 Å². The lowest BCUT2D eigenvalue weighted by Crippen LogP contribution is -2.36. The van der Waals surface area contributed by atoms with E-state index in [-0.39, 0.29) is 24.0 Å². The van der Waals surface area contributed by atoms with Gasteiger partial charge in [0.15, 0.2) is 6.16 Å². The molecule has 7 heteroatoms. The molecular weight excluding hydrogens is 281 g/mol. The fourth-order valence-electron chi connectivity index (χ4n) is 1.52. The molecule has 0 saturated carbocycles. The molecule has 0 amide bonds. The molecule has 0 heterocycles. The smallest absolute Gasteiger partial charge is 0.332 e. The molecule has 20 heavy (non-hydrogen) atoms. The minimum absolute atomic E-state index is 0.0862. The maximum Gasteiger partial charge on any atom is 0.332 e. The highest BCUT2D eigenvalue weighted by atomic mass is 31.1. The summed E-state index contributed by atoms with van der Waals surface area (Å²) in [4.78, 5) is 33.9. The number of carboxylic acids is 2. The first-order valence-corrected chi connectivity index (χ1v) is 7.86. The Morgan fingerprint density at radius 1 is 1.15 bits per heavy atom. The number of nitrogens with zero attached hydrogens (tertiary/aromatic N) is 1. The normalized spacial score (nSPS) is 13.9. The van der Waals surface area contributed by atoms with Crippen molar-refractivity contribution in [2.75, 3.05) is 33.8 Å². The fourth-order valence-corrected chi connectivity index (χ4v) is 2.88. The van der Waals surface area contributed by atoms with Crippen LogP contribution in [-0.2, 0) is 9.59 Å². The van der Waals surface area contributed by atoms with Crippen LogP contribution in [0.1, 0.15) is 19.8 Å². The topological polar surface area (TPSA) is 97.7 Å². The Labute approximate surface area is 120 Å². The summed E-state index contributed by atoms with van der Waals surface area (Å²) in [6.07, 6.45) is 0.498. The van der Waals surface area contributed by atoms with Gasteiger partial charge in [-0.05, 0) is 6.42 Å². The number of rotatable bonds is 8. The fraction of sp³-hybridized carbons (Fsp3) is 0.615. The summed E-state index contributed by atoms with van der Waals surface area (Å²) < 4.78 is 0.672. The minimum Gasteiger partial charge on any atom is -0.631 e. The van der Waals surface area contributed by atoms with Crippen LogP contribution in [0.25, 0.3) is 0 Å². The summed E-state index contributed by atoms with van der Waals surface area (Å²) in [7, 11) is 4.30. The molecule has 0 aliphatic carbocycles. The molecule has 0 spiro atoms. The summed E-state index contributed by atoms with van der Waals surface area (Å²) in [5.74, 6) is -1.09. The van der Waals surface area contributed by atoms with Gasteiger partial charge in [0.2, 0.25) is 0 Å². The Morgan fingerprint density at radius 3 is 2.00 bits per heavy atom. The van der Waals surface area contributed by atoms with Crippen LogP contribution < -0.4 is 4.89 Å². The van der Waals surface area contributed by atoms with Crippen molar-refractivity contribution in [3.05, 3.63) is 11.1 Å². The van der Waals surface area contributed by atoms with Gasteiger partial charge in [0, 0.05) is 12.0 Å². The molecule has 114 valence electrons. The largest absolute Gasteiger partial charge is 0.631 e.